The summed E-state index contributed by atoms with van der Waals surface area (Å²) in [4.78, 5) is 25.9. The monoisotopic (exact) mass is 456 g/mol. The van der Waals surface area contributed by atoms with Crippen molar-refractivity contribution in [1.29, 1.82) is 0 Å². The number of halogens is 1. The molecule has 1 aliphatic rings. The van der Waals surface area contributed by atoms with Gasteiger partial charge in [-0.05, 0) is 12.8 Å². The van der Waals surface area contributed by atoms with Crippen LogP contribution in [-0.2, 0) is 11.8 Å². The second kappa shape index (κ2) is 8.37. The number of alkyl halides is 1. The lowest BCUT2D eigenvalue weighted by Gasteiger charge is -2.17. The minimum Gasteiger partial charge on any atom is -0.369 e. The summed E-state index contributed by atoms with van der Waals surface area (Å²) in [6, 6.07) is -0.560. The maximum absolute atomic E-state index is 13.9. The van der Waals surface area contributed by atoms with Gasteiger partial charge in [-0.3, -0.25) is 14.5 Å². The number of carbonyl (C=O) groups excluding carboxylic acids is 1. The highest BCUT2D eigenvalue weighted by atomic mass is 32.1. The van der Waals surface area contributed by atoms with Crippen molar-refractivity contribution in [3.05, 3.63) is 47.8 Å². The third kappa shape index (κ3) is 3.87. The van der Waals surface area contributed by atoms with Crippen LogP contribution in [-0.4, -0.2) is 53.9 Å². The van der Waals surface area contributed by atoms with Crippen LogP contribution in [0.15, 0.2) is 36.4 Å². The molecule has 0 unspecified atom stereocenters. The molecule has 0 bridgehead atoms. The van der Waals surface area contributed by atoms with Crippen LogP contribution in [0, 0.1) is 0 Å². The second-order valence-electron chi connectivity index (χ2n) is 7.61. The number of nitrogens with one attached hydrogen (secondary N) is 1. The van der Waals surface area contributed by atoms with Crippen molar-refractivity contribution in [3.8, 4) is 10.7 Å². The summed E-state index contributed by atoms with van der Waals surface area (Å²) in [7, 11) is 1.76. The number of aromatic nitrogens is 6. The Morgan fingerprint density at radius 3 is 3.06 bits per heavy atom. The molecule has 3 atom stereocenters. The van der Waals surface area contributed by atoms with Crippen LogP contribution in [0.5, 0.6) is 0 Å². The number of imidazole rings is 1. The molecule has 0 aromatic carbocycles. The molecular weight excluding hydrogens is 435 g/mol. The van der Waals surface area contributed by atoms with E-state index < -0.39 is 18.3 Å². The van der Waals surface area contributed by atoms with E-state index in [2.05, 4.69) is 25.4 Å². The number of carbonyl (C=O) groups is 1. The van der Waals surface area contributed by atoms with E-state index in [1.807, 2.05) is 10.6 Å². The van der Waals surface area contributed by atoms with E-state index in [0.717, 1.165) is 0 Å². The fourth-order valence-electron chi connectivity index (χ4n) is 3.71. The van der Waals surface area contributed by atoms with Crippen molar-refractivity contribution in [2.45, 2.75) is 31.2 Å². The Balaban J connectivity index is 1.35. The zero-order chi connectivity index (χ0) is 22.2. The molecule has 1 saturated heterocycles. The largest absolute Gasteiger partial charge is 0.369 e. The smallest absolute Gasteiger partial charge is 0.275 e. The Bertz CT molecular complexity index is 1220. The van der Waals surface area contributed by atoms with Crippen LogP contribution in [0.3, 0.4) is 0 Å². The van der Waals surface area contributed by atoms with Crippen LogP contribution in [0.1, 0.15) is 35.1 Å². The average Bonchev–Trinajstić information content (AvgIpc) is 3.49. The molecule has 32 heavy (non-hydrogen) atoms. The van der Waals surface area contributed by atoms with Crippen molar-refractivity contribution in [2.24, 2.45) is 12.8 Å². The van der Waals surface area contributed by atoms with Crippen LogP contribution in [0.25, 0.3) is 16.3 Å². The predicted octanol–water partition coefficient (Wildman–Crippen LogP) is 2.36. The molecule has 4 aromatic rings. The number of rotatable bonds is 4. The van der Waals surface area contributed by atoms with Crippen molar-refractivity contribution in [1.82, 2.24) is 29.1 Å². The Hall–Kier alpha value is -3.22. The molecule has 5 heterocycles. The van der Waals surface area contributed by atoms with Gasteiger partial charge in [0, 0.05) is 37.1 Å². The first-order chi connectivity index (χ1) is 15.5. The van der Waals surface area contributed by atoms with Gasteiger partial charge in [0.05, 0.1) is 30.4 Å². The normalized spacial score (nSPS) is 21.5. The fraction of sp³-hybridized carbons (Fsp3) is 0.350. The second-order valence-corrected chi connectivity index (χ2v) is 8.46. The van der Waals surface area contributed by atoms with Crippen LogP contribution < -0.4 is 11.1 Å². The quantitative estimate of drug-likeness (QED) is 0.483. The lowest BCUT2D eigenvalue weighted by atomic mass is 10.0. The van der Waals surface area contributed by atoms with Gasteiger partial charge in [0.2, 0.25) is 0 Å². The Kier molecular flexibility index (Phi) is 5.41. The first kappa shape index (κ1) is 20.7. The molecular formula is C20H21FN8O2S. The van der Waals surface area contributed by atoms with Gasteiger partial charge in [-0.15, -0.1) is 11.3 Å². The van der Waals surface area contributed by atoms with E-state index in [1.165, 1.54) is 11.3 Å². The minimum absolute atomic E-state index is 0.0889. The first-order valence-electron chi connectivity index (χ1n) is 10.1. The van der Waals surface area contributed by atoms with Crippen LogP contribution >= 0.6 is 11.3 Å². The Labute approximate surface area is 186 Å². The molecule has 0 spiro atoms. The predicted molar refractivity (Wildman–Crippen MR) is 116 cm³/mol. The van der Waals surface area contributed by atoms with E-state index >= 15 is 0 Å². The van der Waals surface area contributed by atoms with Crippen molar-refractivity contribution < 1.29 is 13.9 Å². The highest BCUT2D eigenvalue weighted by Gasteiger charge is 2.30. The molecule has 0 saturated carbocycles. The lowest BCUT2D eigenvalue weighted by molar-refractivity contribution is 0.0247. The summed E-state index contributed by atoms with van der Waals surface area (Å²) in [5.74, 6) is -0.374. The maximum atomic E-state index is 13.9. The molecule has 1 aliphatic heterocycles. The van der Waals surface area contributed by atoms with Gasteiger partial charge in [0.1, 0.15) is 28.7 Å². The van der Waals surface area contributed by atoms with Crippen molar-refractivity contribution >= 4 is 28.6 Å². The molecule has 4 aromatic heterocycles. The van der Waals surface area contributed by atoms with Gasteiger partial charge < -0.3 is 20.2 Å². The van der Waals surface area contributed by atoms with Crippen molar-refractivity contribution in [3.63, 3.8) is 0 Å². The zero-order valence-electron chi connectivity index (χ0n) is 17.2. The molecule has 166 valence electrons. The third-order valence-electron chi connectivity index (χ3n) is 5.44. The fourth-order valence-corrected chi connectivity index (χ4v) is 4.46. The van der Waals surface area contributed by atoms with Crippen LogP contribution in [0.2, 0.25) is 0 Å². The number of thiazole rings is 1. The lowest BCUT2D eigenvalue weighted by Crippen LogP contribution is -2.32. The number of aryl methyl sites for hydroxylation is 1. The standard InChI is InChI=1S/C20H21FN8O2S/c1-28-18(16-3-2-12(22)11(21)9-31-16)13(6-24-28)26-19(30)15-10-32-20(27-15)14-8-29-5-4-23-7-17(29)25-14/h4-8,10-12,16H,2-3,9,22H2,1H3,(H,26,30)/t11-,12-,16+/m1/s1. The van der Waals surface area contributed by atoms with Crippen molar-refractivity contribution in [2.75, 3.05) is 11.9 Å². The van der Waals surface area contributed by atoms with Gasteiger partial charge in [-0.1, -0.05) is 0 Å². The molecule has 10 nitrogen and oxygen atoms in total. The summed E-state index contributed by atoms with van der Waals surface area (Å²) in [5, 5.41) is 9.41. The zero-order valence-corrected chi connectivity index (χ0v) is 18.0. The highest BCUT2D eigenvalue weighted by Crippen LogP contribution is 2.33. The van der Waals surface area contributed by atoms with Gasteiger partial charge >= 0.3 is 0 Å². The van der Waals surface area contributed by atoms with Gasteiger partial charge in [-0.25, -0.2) is 14.4 Å². The summed E-state index contributed by atoms with van der Waals surface area (Å²) < 4.78 is 23.1. The van der Waals surface area contributed by atoms with Gasteiger partial charge in [0.15, 0.2) is 5.65 Å². The number of nitrogens with two attached hydrogens (primary N) is 1. The minimum atomic E-state index is -1.21. The summed E-state index contributed by atoms with van der Waals surface area (Å²) in [6.45, 7) is -0.0889. The summed E-state index contributed by atoms with van der Waals surface area (Å²) in [5.41, 5.74) is 8.63. The topological polar surface area (TPSA) is 125 Å². The van der Waals surface area contributed by atoms with E-state index in [4.69, 9.17) is 10.5 Å². The number of hydrogen-bond donors (Lipinski definition) is 2. The number of nitrogens with zero attached hydrogens (tertiary/aromatic N) is 6. The molecule has 5 rings (SSSR count). The number of ether oxygens (including phenoxy) is 1. The van der Waals surface area contributed by atoms with Crippen LogP contribution in [0.4, 0.5) is 10.1 Å². The summed E-state index contributed by atoms with van der Waals surface area (Å²) in [6.07, 6.45) is 7.90. The third-order valence-corrected chi connectivity index (χ3v) is 6.31. The summed E-state index contributed by atoms with van der Waals surface area (Å²) >= 11 is 1.33. The molecule has 0 radical (unpaired) electrons. The van der Waals surface area contributed by atoms with E-state index in [0.29, 0.717) is 40.6 Å². The van der Waals surface area contributed by atoms with Gasteiger partial charge in [0.25, 0.3) is 5.91 Å². The van der Waals surface area contributed by atoms with E-state index in [1.54, 1.807) is 41.9 Å². The van der Waals surface area contributed by atoms with Gasteiger partial charge in [-0.2, -0.15) is 5.10 Å². The average molecular weight is 457 g/mol. The van der Waals surface area contributed by atoms with E-state index in [-0.39, 0.29) is 18.2 Å². The number of fused-ring (bicyclic) bond motifs is 1. The molecule has 1 fully saturated rings. The Morgan fingerprint density at radius 2 is 2.22 bits per heavy atom. The SMILES string of the molecule is Cn1ncc(NC(=O)c2csc(-c3cn4ccncc4n3)n2)c1[C@@H]1CC[C@@H](N)[C@H](F)CO1. The first-order valence-corrected chi connectivity index (χ1v) is 11.0. The number of hydrogen-bond acceptors (Lipinski definition) is 8. The van der Waals surface area contributed by atoms with E-state index in [9.17, 15) is 9.18 Å². The Morgan fingerprint density at radius 1 is 1.34 bits per heavy atom. The molecule has 0 aliphatic carbocycles. The maximum Gasteiger partial charge on any atom is 0.275 e. The highest BCUT2D eigenvalue weighted by molar-refractivity contribution is 7.13. The molecule has 12 heteroatoms. The number of anilines is 1. The number of amides is 1. The molecule has 3 N–H and O–H groups in total. The molecule has 1 amide bonds.